The van der Waals surface area contributed by atoms with Crippen LogP contribution in [-0.2, 0) is 11.2 Å². The third-order valence-electron chi connectivity index (χ3n) is 4.84. The fourth-order valence-electron chi connectivity index (χ4n) is 3.29. The fraction of sp³-hybridized carbons (Fsp3) is 0.500. The van der Waals surface area contributed by atoms with Gasteiger partial charge in [0.05, 0.1) is 0 Å². The van der Waals surface area contributed by atoms with Crippen molar-refractivity contribution >= 4 is 17.7 Å². The van der Waals surface area contributed by atoms with E-state index in [0.29, 0.717) is 12.1 Å². The zero-order valence-electron chi connectivity index (χ0n) is 12.1. The minimum absolute atomic E-state index is 0.141. The first kappa shape index (κ1) is 13.9. The number of para-hydroxylation sites is 1. The van der Waals surface area contributed by atoms with Crippen molar-refractivity contribution in [2.75, 3.05) is 4.90 Å². The third-order valence-corrected chi connectivity index (χ3v) is 4.84. The number of nitrogens with one attached hydrogen (secondary N) is 1. The van der Waals surface area contributed by atoms with Gasteiger partial charge in [-0.25, -0.2) is 9.59 Å². The quantitative estimate of drug-likeness (QED) is 0.898. The number of amides is 2. The van der Waals surface area contributed by atoms with E-state index in [4.69, 9.17) is 0 Å². The lowest BCUT2D eigenvalue weighted by Gasteiger charge is -2.43. The first-order chi connectivity index (χ1) is 10.1. The molecule has 5 nitrogen and oxygen atoms in total. The highest BCUT2D eigenvalue weighted by atomic mass is 16.4. The lowest BCUT2D eigenvalue weighted by molar-refractivity contribution is -0.138. The molecule has 1 heterocycles. The second kappa shape index (κ2) is 5.06. The molecule has 1 aromatic carbocycles. The van der Waals surface area contributed by atoms with Crippen LogP contribution in [0.4, 0.5) is 10.5 Å². The predicted molar refractivity (Wildman–Crippen MR) is 79.5 cm³/mol. The Labute approximate surface area is 123 Å². The molecule has 21 heavy (non-hydrogen) atoms. The Morgan fingerprint density at radius 1 is 1.38 bits per heavy atom. The van der Waals surface area contributed by atoms with Gasteiger partial charge in [0.15, 0.2) is 0 Å². The number of anilines is 1. The first-order valence-corrected chi connectivity index (χ1v) is 7.48. The molecule has 0 saturated heterocycles. The summed E-state index contributed by atoms with van der Waals surface area (Å²) in [6.45, 7) is 2.06. The smallest absolute Gasteiger partial charge is 0.327 e. The Morgan fingerprint density at radius 2 is 2.10 bits per heavy atom. The lowest BCUT2D eigenvalue weighted by atomic mass is 9.75. The van der Waals surface area contributed by atoms with Crippen molar-refractivity contribution in [3.63, 3.8) is 0 Å². The van der Waals surface area contributed by atoms with Crippen molar-refractivity contribution < 1.29 is 14.7 Å². The first-order valence-electron chi connectivity index (χ1n) is 7.48. The van der Waals surface area contributed by atoms with Gasteiger partial charge in [0, 0.05) is 17.6 Å². The highest BCUT2D eigenvalue weighted by Crippen LogP contribution is 2.37. The van der Waals surface area contributed by atoms with E-state index in [2.05, 4.69) is 12.2 Å². The predicted octanol–water partition coefficient (Wildman–Crippen LogP) is 2.54. The average molecular weight is 288 g/mol. The number of nitrogens with zero attached hydrogens (tertiary/aromatic N) is 1. The largest absolute Gasteiger partial charge is 0.480 e. The number of hydrogen-bond acceptors (Lipinski definition) is 2. The van der Waals surface area contributed by atoms with Gasteiger partial charge in [-0.2, -0.15) is 0 Å². The molecule has 2 amide bonds. The second-order valence-electron chi connectivity index (χ2n) is 5.97. The second-order valence-corrected chi connectivity index (χ2v) is 5.97. The van der Waals surface area contributed by atoms with Crippen LogP contribution in [0.5, 0.6) is 0 Å². The van der Waals surface area contributed by atoms with Crippen LogP contribution in [0.2, 0.25) is 0 Å². The van der Waals surface area contributed by atoms with Crippen LogP contribution in [0.25, 0.3) is 0 Å². The Kier molecular flexibility index (Phi) is 3.35. The van der Waals surface area contributed by atoms with Crippen molar-refractivity contribution in [3.8, 4) is 0 Å². The monoisotopic (exact) mass is 288 g/mol. The Hall–Kier alpha value is -2.04. The molecule has 3 rings (SSSR count). The van der Waals surface area contributed by atoms with Crippen LogP contribution in [0, 0.1) is 0 Å². The topological polar surface area (TPSA) is 69.6 Å². The number of benzene rings is 1. The number of urea groups is 1. The number of carboxylic acid groups (broad SMARTS) is 1. The maximum atomic E-state index is 12.6. The molecule has 1 aliphatic heterocycles. The maximum Gasteiger partial charge on any atom is 0.327 e. The number of carbonyl (C=O) groups excluding carboxylic acids is 1. The minimum atomic E-state index is -0.958. The fourth-order valence-corrected chi connectivity index (χ4v) is 3.29. The molecule has 1 aliphatic carbocycles. The molecule has 1 saturated carbocycles. The van der Waals surface area contributed by atoms with E-state index >= 15 is 0 Å². The highest BCUT2D eigenvalue weighted by molar-refractivity contribution is 6.01. The zero-order chi connectivity index (χ0) is 15.0. The number of rotatable bonds is 3. The van der Waals surface area contributed by atoms with Gasteiger partial charge in [-0.1, -0.05) is 25.1 Å². The van der Waals surface area contributed by atoms with Gasteiger partial charge >= 0.3 is 12.0 Å². The van der Waals surface area contributed by atoms with Crippen molar-refractivity contribution in [1.82, 2.24) is 5.32 Å². The van der Waals surface area contributed by atoms with Crippen LogP contribution < -0.4 is 10.2 Å². The van der Waals surface area contributed by atoms with Crippen LogP contribution in [0.15, 0.2) is 24.3 Å². The van der Waals surface area contributed by atoms with E-state index in [1.54, 1.807) is 0 Å². The Morgan fingerprint density at radius 3 is 2.67 bits per heavy atom. The summed E-state index contributed by atoms with van der Waals surface area (Å²) in [5.41, 5.74) is 1.49. The zero-order valence-corrected chi connectivity index (χ0v) is 12.1. The summed E-state index contributed by atoms with van der Waals surface area (Å²) in [5.74, 6) is -0.958. The van der Waals surface area contributed by atoms with Gasteiger partial charge in [0.1, 0.15) is 6.04 Å². The summed E-state index contributed by atoms with van der Waals surface area (Å²) in [6.07, 6.45) is 4.32. The summed E-state index contributed by atoms with van der Waals surface area (Å²) < 4.78 is 0. The van der Waals surface area contributed by atoms with Crippen LogP contribution in [0.3, 0.4) is 0 Å². The summed E-state index contributed by atoms with van der Waals surface area (Å²) in [5, 5.41) is 12.5. The van der Waals surface area contributed by atoms with Gasteiger partial charge in [-0.05, 0) is 37.3 Å². The summed E-state index contributed by atoms with van der Waals surface area (Å²) in [6, 6.07) is 6.32. The maximum absolute atomic E-state index is 12.6. The van der Waals surface area contributed by atoms with E-state index in [-0.39, 0.29) is 11.6 Å². The number of carboxylic acids is 1. The van der Waals surface area contributed by atoms with Gasteiger partial charge < -0.3 is 10.4 Å². The molecule has 0 bridgehead atoms. The lowest BCUT2D eigenvalue weighted by Crippen LogP contribution is -2.58. The molecule has 2 N–H and O–H groups in total. The van der Waals surface area contributed by atoms with E-state index in [0.717, 1.165) is 31.2 Å². The van der Waals surface area contributed by atoms with E-state index in [1.165, 1.54) is 4.90 Å². The van der Waals surface area contributed by atoms with Gasteiger partial charge in [-0.15, -0.1) is 0 Å². The molecular formula is C16H20N2O3. The van der Waals surface area contributed by atoms with Crippen molar-refractivity contribution in [1.29, 1.82) is 0 Å². The van der Waals surface area contributed by atoms with E-state index in [9.17, 15) is 14.7 Å². The molecule has 1 atom stereocenters. The summed E-state index contributed by atoms with van der Waals surface area (Å²) in [7, 11) is 0. The molecule has 2 aliphatic rings. The molecule has 1 fully saturated rings. The summed E-state index contributed by atoms with van der Waals surface area (Å²) >= 11 is 0. The van der Waals surface area contributed by atoms with Crippen molar-refractivity contribution in [2.24, 2.45) is 0 Å². The van der Waals surface area contributed by atoms with Gasteiger partial charge in [-0.3, -0.25) is 4.90 Å². The van der Waals surface area contributed by atoms with Gasteiger partial charge in [0.25, 0.3) is 0 Å². The van der Waals surface area contributed by atoms with Crippen LogP contribution in [0.1, 0.15) is 38.2 Å². The average Bonchev–Trinajstić information content (AvgIpc) is 2.82. The van der Waals surface area contributed by atoms with Crippen molar-refractivity contribution in [2.45, 2.75) is 50.6 Å². The van der Waals surface area contributed by atoms with E-state index < -0.39 is 12.0 Å². The normalized spacial score (nSPS) is 22.3. The number of hydrogen-bond donors (Lipinski definition) is 2. The van der Waals surface area contributed by atoms with Crippen molar-refractivity contribution in [3.05, 3.63) is 29.8 Å². The number of aliphatic carboxylic acids is 1. The van der Waals surface area contributed by atoms with E-state index in [1.807, 2.05) is 24.3 Å². The number of carbonyl (C=O) groups is 2. The molecule has 1 aromatic rings. The third kappa shape index (κ3) is 2.26. The molecule has 112 valence electrons. The Bertz CT molecular complexity index is 575. The molecule has 5 heteroatoms. The number of fused-ring (bicyclic) bond motifs is 1. The molecular weight excluding hydrogens is 268 g/mol. The highest BCUT2D eigenvalue weighted by Gasteiger charge is 2.43. The SMILES string of the molecule is CCC1(NC(=O)N2c3ccccc3C[C@H]2C(=O)O)CCC1. The van der Waals surface area contributed by atoms with Crippen LogP contribution >= 0.6 is 0 Å². The molecule has 0 aromatic heterocycles. The van der Waals surface area contributed by atoms with Gasteiger partial charge in [0.2, 0.25) is 0 Å². The van der Waals surface area contributed by atoms with Crippen LogP contribution in [-0.4, -0.2) is 28.7 Å². The summed E-state index contributed by atoms with van der Waals surface area (Å²) in [4.78, 5) is 25.5. The molecule has 0 spiro atoms. The Balaban J connectivity index is 1.87. The minimum Gasteiger partial charge on any atom is -0.480 e. The molecule has 0 radical (unpaired) electrons. The standard InChI is InChI=1S/C16H20N2O3/c1-2-16(8-5-9-16)17-15(21)18-12-7-4-3-6-11(12)10-13(18)14(19)20/h3-4,6-7,13H,2,5,8-10H2,1H3,(H,17,21)(H,19,20)/t13-/m0/s1. The molecule has 0 unspecified atom stereocenters.